The van der Waals surface area contributed by atoms with Crippen LogP contribution in [0.4, 0.5) is 11.4 Å². The summed E-state index contributed by atoms with van der Waals surface area (Å²) in [6, 6.07) is 19.1. The molecule has 2 aliphatic heterocycles. The van der Waals surface area contributed by atoms with E-state index in [9.17, 15) is 14.4 Å². The number of fused-ring (bicyclic) bond motifs is 2. The molecule has 0 bridgehead atoms. The van der Waals surface area contributed by atoms with E-state index < -0.39 is 0 Å². The molecule has 33 heavy (non-hydrogen) atoms. The molecular formula is C25H22N2O4S2. The third-order valence-corrected chi connectivity index (χ3v) is 7.86. The van der Waals surface area contributed by atoms with Crippen LogP contribution in [-0.4, -0.2) is 42.4 Å². The molecule has 1 fully saturated rings. The zero-order chi connectivity index (χ0) is 22.8. The normalized spacial score (nSPS) is 15.5. The maximum Gasteiger partial charge on any atom is 0.309 e. The van der Waals surface area contributed by atoms with Crippen LogP contribution in [0.3, 0.4) is 0 Å². The Kier molecular flexibility index (Phi) is 6.20. The predicted octanol–water partition coefficient (Wildman–Crippen LogP) is 4.97. The van der Waals surface area contributed by atoms with Gasteiger partial charge in [-0.1, -0.05) is 42.1 Å². The van der Waals surface area contributed by atoms with Gasteiger partial charge in [-0.05, 0) is 48.6 Å². The van der Waals surface area contributed by atoms with Gasteiger partial charge < -0.3 is 9.64 Å². The van der Waals surface area contributed by atoms with Crippen molar-refractivity contribution in [1.82, 2.24) is 4.90 Å². The Bertz CT molecular complexity index is 1140. The molecule has 0 spiro atoms. The lowest BCUT2D eigenvalue weighted by Gasteiger charge is -2.32. The van der Waals surface area contributed by atoms with Crippen LogP contribution in [0.5, 0.6) is 0 Å². The van der Waals surface area contributed by atoms with Crippen molar-refractivity contribution in [3.05, 3.63) is 70.9 Å². The van der Waals surface area contributed by atoms with E-state index in [1.807, 2.05) is 66.0 Å². The van der Waals surface area contributed by atoms with E-state index >= 15 is 0 Å². The van der Waals surface area contributed by atoms with Gasteiger partial charge in [-0.3, -0.25) is 19.3 Å². The fraction of sp³-hybridized carbons (Fsp3) is 0.240. The maximum absolute atomic E-state index is 13.2. The molecule has 168 valence electrons. The van der Waals surface area contributed by atoms with Gasteiger partial charge in [0.25, 0.3) is 11.8 Å². The molecule has 3 aromatic rings. The average Bonchev–Trinajstić information content (AvgIpc) is 3.40. The number of anilines is 2. The SMILES string of the molecule is O=C(OCC(=O)N1c2ccccc2Sc2ccccc21)C1CCN(C(=O)c2cccs2)CC1. The van der Waals surface area contributed by atoms with E-state index in [0.717, 1.165) is 21.2 Å². The molecule has 1 saturated heterocycles. The number of ether oxygens (including phenoxy) is 1. The van der Waals surface area contributed by atoms with Gasteiger partial charge in [-0.25, -0.2) is 0 Å². The Labute approximate surface area is 200 Å². The van der Waals surface area contributed by atoms with Crippen LogP contribution in [0, 0.1) is 5.92 Å². The Morgan fingerprint density at radius 2 is 1.52 bits per heavy atom. The van der Waals surface area contributed by atoms with Crippen LogP contribution in [-0.2, 0) is 14.3 Å². The lowest BCUT2D eigenvalue weighted by atomic mass is 9.97. The summed E-state index contributed by atoms with van der Waals surface area (Å²) >= 11 is 3.04. The van der Waals surface area contributed by atoms with Crippen LogP contribution < -0.4 is 4.90 Å². The van der Waals surface area contributed by atoms with Gasteiger partial charge in [0, 0.05) is 22.9 Å². The highest BCUT2D eigenvalue weighted by molar-refractivity contribution is 7.99. The number of nitrogens with zero attached hydrogens (tertiary/aromatic N) is 2. The first kappa shape index (κ1) is 21.7. The first-order valence-corrected chi connectivity index (χ1v) is 12.5. The monoisotopic (exact) mass is 478 g/mol. The molecule has 3 heterocycles. The van der Waals surface area contributed by atoms with E-state index in [2.05, 4.69) is 0 Å². The maximum atomic E-state index is 13.2. The van der Waals surface area contributed by atoms with Crippen LogP contribution >= 0.6 is 23.1 Å². The zero-order valence-electron chi connectivity index (χ0n) is 17.8. The Balaban J connectivity index is 1.21. The zero-order valence-corrected chi connectivity index (χ0v) is 19.4. The smallest absolute Gasteiger partial charge is 0.309 e. The lowest BCUT2D eigenvalue weighted by Crippen LogP contribution is -2.41. The second-order valence-corrected chi connectivity index (χ2v) is 9.95. The first-order chi connectivity index (χ1) is 16.1. The Morgan fingerprint density at radius 3 is 2.12 bits per heavy atom. The molecule has 5 rings (SSSR count). The predicted molar refractivity (Wildman–Crippen MR) is 128 cm³/mol. The Morgan fingerprint density at radius 1 is 0.879 bits per heavy atom. The molecule has 0 unspecified atom stereocenters. The summed E-state index contributed by atoms with van der Waals surface area (Å²) in [5.41, 5.74) is 1.59. The summed E-state index contributed by atoms with van der Waals surface area (Å²) in [7, 11) is 0. The molecule has 0 atom stereocenters. The van der Waals surface area contributed by atoms with Gasteiger partial charge in [0.15, 0.2) is 6.61 Å². The second-order valence-electron chi connectivity index (χ2n) is 7.92. The fourth-order valence-corrected chi connectivity index (χ4v) is 5.91. The summed E-state index contributed by atoms with van der Waals surface area (Å²) in [5, 5.41) is 1.88. The van der Waals surface area contributed by atoms with Gasteiger partial charge in [0.2, 0.25) is 0 Å². The van der Waals surface area contributed by atoms with Crippen LogP contribution in [0.1, 0.15) is 22.5 Å². The second kappa shape index (κ2) is 9.41. The van der Waals surface area contributed by atoms with Gasteiger partial charge in [0.1, 0.15) is 0 Å². The van der Waals surface area contributed by atoms with Crippen molar-refractivity contribution in [2.75, 3.05) is 24.6 Å². The number of carbonyl (C=O) groups is 3. The van der Waals surface area contributed by atoms with Crippen molar-refractivity contribution in [2.24, 2.45) is 5.92 Å². The fourth-order valence-electron chi connectivity index (χ4n) is 4.16. The molecule has 2 amide bonds. The number of para-hydroxylation sites is 2. The molecule has 6 nitrogen and oxygen atoms in total. The van der Waals surface area contributed by atoms with Crippen LogP contribution in [0.15, 0.2) is 75.8 Å². The molecule has 0 N–H and O–H groups in total. The van der Waals surface area contributed by atoms with Crippen molar-refractivity contribution < 1.29 is 19.1 Å². The van der Waals surface area contributed by atoms with Crippen molar-refractivity contribution >= 4 is 52.3 Å². The summed E-state index contributed by atoms with van der Waals surface area (Å²) in [5.74, 6) is -0.956. The average molecular weight is 479 g/mol. The van der Waals surface area contributed by atoms with E-state index in [0.29, 0.717) is 30.8 Å². The van der Waals surface area contributed by atoms with E-state index in [4.69, 9.17) is 4.74 Å². The Hall–Kier alpha value is -3.10. The topological polar surface area (TPSA) is 66.9 Å². The lowest BCUT2D eigenvalue weighted by molar-refractivity contribution is -0.153. The molecular weight excluding hydrogens is 456 g/mol. The van der Waals surface area contributed by atoms with E-state index in [-0.39, 0.29) is 30.3 Å². The molecule has 8 heteroatoms. The van der Waals surface area contributed by atoms with Crippen molar-refractivity contribution in [3.8, 4) is 0 Å². The highest BCUT2D eigenvalue weighted by atomic mass is 32.2. The number of piperidine rings is 1. The number of rotatable bonds is 4. The first-order valence-electron chi connectivity index (χ1n) is 10.8. The minimum Gasteiger partial charge on any atom is -0.455 e. The minimum atomic E-state index is -0.375. The third kappa shape index (κ3) is 4.41. The highest BCUT2D eigenvalue weighted by Gasteiger charge is 2.32. The molecule has 1 aromatic heterocycles. The number of hydrogen-bond acceptors (Lipinski definition) is 6. The standard InChI is InChI=1S/C25H22N2O4S2/c28-23(27-18-6-1-3-8-20(18)33-21-9-4-2-7-19(21)27)16-31-25(30)17-11-13-26(14-12-17)24(29)22-10-5-15-32-22/h1-10,15,17H,11-14,16H2. The van der Waals surface area contributed by atoms with Crippen molar-refractivity contribution in [3.63, 3.8) is 0 Å². The number of likely N-dealkylation sites (tertiary alicyclic amines) is 1. The van der Waals surface area contributed by atoms with Crippen molar-refractivity contribution in [1.29, 1.82) is 0 Å². The van der Waals surface area contributed by atoms with E-state index in [1.165, 1.54) is 11.3 Å². The summed E-state index contributed by atoms with van der Waals surface area (Å²) < 4.78 is 5.46. The highest BCUT2D eigenvalue weighted by Crippen LogP contribution is 2.47. The third-order valence-electron chi connectivity index (χ3n) is 5.87. The molecule has 0 radical (unpaired) electrons. The van der Waals surface area contributed by atoms with Crippen LogP contribution in [0.2, 0.25) is 0 Å². The largest absolute Gasteiger partial charge is 0.455 e. The van der Waals surface area contributed by atoms with Gasteiger partial charge in [0.05, 0.1) is 22.2 Å². The number of amides is 2. The van der Waals surface area contributed by atoms with Gasteiger partial charge >= 0.3 is 5.97 Å². The number of thiophene rings is 1. The van der Waals surface area contributed by atoms with Crippen molar-refractivity contribution in [2.45, 2.75) is 22.6 Å². The number of esters is 1. The van der Waals surface area contributed by atoms with Gasteiger partial charge in [-0.15, -0.1) is 11.3 Å². The molecule has 2 aliphatic rings. The molecule has 0 aliphatic carbocycles. The summed E-state index contributed by atoms with van der Waals surface area (Å²) in [6.07, 6.45) is 1.08. The number of hydrogen-bond donors (Lipinski definition) is 0. The van der Waals surface area contributed by atoms with Gasteiger partial charge in [-0.2, -0.15) is 0 Å². The molecule has 2 aromatic carbocycles. The van der Waals surface area contributed by atoms with Crippen LogP contribution in [0.25, 0.3) is 0 Å². The summed E-state index contributed by atoms with van der Waals surface area (Å²) in [4.78, 5) is 44.4. The molecule has 0 saturated carbocycles. The van der Waals surface area contributed by atoms with E-state index in [1.54, 1.807) is 21.6 Å². The quantitative estimate of drug-likeness (QED) is 0.495. The number of benzene rings is 2. The summed E-state index contributed by atoms with van der Waals surface area (Å²) in [6.45, 7) is 0.698. The minimum absolute atomic E-state index is 0.00675. The number of carbonyl (C=O) groups excluding carboxylic acids is 3.